The zero-order chi connectivity index (χ0) is 13.2. The number of carbonyl (C=O) groups is 1. The van der Waals surface area contributed by atoms with Gasteiger partial charge in [0.2, 0.25) is 5.91 Å². The second-order valence-electron chi connectivity index (χ2n) is 4.93. The minimum atomic E-state index is -0.361. The number of rotatable bonds is 2. The summed E-state index contributed by atoms with van der Waals surface area (Å²) in [5, 5.41) is 15.8. The fraction of sp³-hybridized carbons (Fsp3) is 0.462. The fourth-order valence-electron chi connectivity index (χ4n) is 2.09. The molecular weight excluding hydrogens is 296 g/mol. The van der Waals surface area contributed by atoms with Gasteiger partial charge in [-0.3, -0.25) is 4.79 Å². The highest BCUT2D eigenvalue weighted by molar-refractivity contribution is 9.10. The average Bonchev–Trinajstić information content (AvgIpc) is 2.35. The summed E-state index contributed by atoms with van der Waals surface area (Å²) in [7, 11) is 0. The van der Waals surface area contributed by atoms with E-state index in [9.17, 15) is 9.90 Å². The maximum atomic E-state index is 12.3. The Morgan fingerprint density at radius 1 is 1.44 bits per heavy atom. The quantitative estimate of drug-likeness (QED) is 0.735. The molecule has 0 radical (unpaired) electrons. The Hall–Kier alpha value is -1.07. The molecule has 18 heavy (non-hydrogen) atoms. The Morgan fingerprint density at radius 3 is 2.78 bits per heavy atom. The molecule has 1 aliphatic heterocycles. The lowest BCUT2D eigenvalue weighted by Gasteiger charge is -2.32. The third-order valence-corrected chi connectivity index (χ3v) is 3.96. The van der Waals surface area contributed by atoms with Crippen molar-refractivity contribution in [3.63, 3.8) is 0 Å². The van der Waals surface area contributed by atoms with Crippen LogP contribution in [0.2, 0.25) is 0 Å². The predicted molar refractivity (Wildman–Crippen MR) is 74.6 cm³/mol. The smallest absolute Gasteiger partial charge is 0.230 e. The second-order valence-corrected chi connectivity index (χ2v) is 5.84. The van der Waals surface area contributed by atoms with E-state index < -0.39 is 0 Å². The molecule has 3 N–H and O–H groups in total. The topological polar surface area (TPSA) is 61.4 Å². The van der Waals surface area contributed by atoms with Crippen LogP contribution in [0.1, 0.15) is 19.8 Å². The van der Waals surface area contributed by atoms with Crippen molar-refractivity contribution >= 4 is 27.5 Å². The number of phenols is 1. The molecule has 1 heterocycles. The van der Waals surface area contributed by atoms with Crippen molar-refractivity contribution in [2.45, 2.75) is 19.8 Å². The molecule has 1 saturated heterocycles. The van der Waals surface area contributed by atoms with Crippen LogP contribution in [0.4, 0.5) is 5.69 Å². The van der Waals surface area contributed by atoms with E-state index >= 15 is 0 Å². The van der Waals surface area contributed by atoms with E-state index in [1.165, 1.54) is 0 Å². The van der Waals surface area contributed by atoms with E-state index in [1.54, 1.807) is 18.2 Å². The predicted octanol–water partition coefficient (Wildman–Crippen LogP) is 2.48. The maximum Gasteiger partial charge on any atom is 0.230 e. The summed E-state index contributed by atoms with van der Waals surface area (Å²) in [6.07, 6.45) is 1.63. The highest BCUT2D eigenvalue weighted by Gasteiger charge is 2.34. The highest BCUT2D eigenvalue weighted by atomic mass is 79.9. The first-order valence-corrected chi connectivity index (χ1v) is 6.81. The van der Waals surface area contributed by atoms with Crippen LogP contribution in [0, 0.1) is 5.41 Å². The number of aromatic hydroxyl groups is 1. The van der Waals surface area contributed by atoms with Crippen LogP contribution in [0.5, 0.6) is 5.75 Å². The van der Waals surface area contributed by atoms with Gasteiger partial charge in [-0.05, 0) is 44.1 Å². The minimum absolute atomic E-state index is 0.0302. The number of benzene rings is 1. The first-order valence-electron chi connectivity index (χ1n) is 6.02. The molecule has 1 amide bonds. The van der Waals surface area contributed by atoms with Gasteiger partial charge < -0.3 is 15.7 Å². The highest BCUT2D eigenvalue weighted by Crippen LogP contribution is 2.32. The lowest BCUT2D eigenvalue weighted by molar-refractivity contribution is -0.126. The van der Waals surface area contributed by atoms with E-state index in [0.717, 1.165) is 30.4 Å². The summed E-state index contributed by atoms with van der Waals surface area (Å²) in [4.78, 5) is 12.3. The van der Waals surface area contributed by atoms with Crippen LogP contribution in [-0.4, -0.2) is 24.1 Å². The third kappa shape index (κ3) is 2.84. The summed E-state index contributed by atoms with van der Waals surface area (Å²) in [5.41, 5.74) is 0.0918. The number of carbonyl (C=O) groups excluding carboxylic acids is 1. The summed E-state index contributed by atoms with van der Waals surface area (Å²) in [6, 6.07) is 5.00. The molecule has 0 atom stereocenters. The summed E-state index contributed by atoms with van der Waals surface area (Å²) >= 11 is 3.32. The van der Waals surface area contributed by atoms with Crippen molar-refractivity contribution in [3.05, 3.63) is 22.7 Å². The number of amides is 1. The molecule has 0 saturated carbocycles. The van der Waals surface area contributed by atoms with Gasteiger partial charge in [0.25, 0.3) is 0 Å². The molecule has 1 aromatic rings. The van der Waals surface area contributed by atoms with Crippen molar-refractivity contribution in [1.29, 1.82) is 0 Å². The number of hydrogen-bond donors (Lipinski definition) is 3. The van der Waals surface area contributed by atoms with Crippen molar-refractivity contribution in [3.8, 4) is 5.75 Å². The molecule has 0 aliphatic carbocycles. The Labute approximate surface area is 115 Å². The Kier molecular flexibility index (Phi) is 3.92. The molecule has 5 heteroatoms. The molecule has 1 aliphatic rings. The molecule has 0 bridgehead atoms. The Bertz CT molecular complexity index is 456. The standard InChI is InChI=1S/C13H17BrN2O2/c1-13(4-6-15-7-5-13)12(18)16-10-8-9(14)2-3-11(10)17/h2-3,8,15,17H,4-7H2,1H3,(H,16,18). The van der Waals surface area contributed by atoms with Crippen LogP contribution in [0.3, 0.4) is 0 Å². The third-order valence-electron chi connectivity index (χ3n) is 3.46. The molecule has 0 aromatic heterocycles. The van der Waals surface area contributed by atoms with Gasteiger partial charge >= 0.3 is 0 Å². The van der Waals surface area contributed by atoms with Crippen molar-refractivity contribution in [2.75, 3.05) is 18.4 Å². The zero-order valence-corrected chi connectivity index (χ0v) is 11.9. The maximum absolute atomic E-state index is 12.3. The number of piperidine rings is 1. The van der Waals surface area contributed by atoms with E-state index in [4.69, 9.17) is 0 Å². The van der Waals surface area contributed by atoms with E-state index in [0.29, 0.717) is 5.69 Å². The summed E-state index contributed by atoms with van der Waals surface area (Å²) in [5.74, 6) is 0.0569. The van der Waals surface area contributed by atoms with E-state index in [1.807, 2.05) is 6.92 Å². The SMILES string of the molecule is CC1(C(=O)Nc2cc(Br)ccc2O)CCNCC1. The average molecular weight is 313 g/mol. The number of halogens is 1. The van der Waals surface area contributed by atoms with Crippen molar-refractivity contribution < 1.29 is 9.90 Å². The van der Waals surface area contributed by atoms with Gasteiger partial charge in [-0.15, -0.1) is 0 Å². The molecule has 0 spiro atoms. The molecule has 2 rings (SSSR count). The Balaban J connectivity index is 2.13. The lowest BCUT2D eigenvalue weighted by atomic mass is 9.80. The van der Waals surface area contributed by atoms with Gasteiger partial charge in [0.1, 0.15) is 5.75 Å². The number of phenolic OH excluding ortho intramolecular Hbond substituents is 1. The van der Waals surface area contributed by atoms with Gasteiger partial charge in [-0.1, -0.05) is 22.9 Å². The largest absolute Gasteiger partial charge is 0.506 e. The van der Waals surface area contributed by atoms with Crippen LogP contribution in [0.25, 0.3) is 0 Å². The van der Waals surface area contributed by atoms with Gasteiger partial charge in [-0.25, -0.2) is 0 Å². The monoisotopic (exact) mass is 312 g/mol. The van der Waals surface area contributed by atoms with E-state index in [-0.39, 0.29) is 17.1 Å². The van der Waals surface area contributed by atoms with Gasteiger partial charge in [-0.2, -0.15) is 0 Å². The summed E-state index contributed by atoms with van der Waals surface area (Å²) < 4.78 is 0.825. The number of nitrogens with one attached hydrogen (secondary N) is 2. The van der Waals surface area contributed by atoms with E-state index in [2.05, 4.69) is 26.6 Å². The van der Waals surface area contributed by atoms with Crippen LogP contribution in [0.15, 0.2) is 22.7 Å². The fourth-order valence-corrected chi connectivity index (χ4v) is 2.45. The second kappa shape index (κ2) is 5.28. The van der Waals surface area contributed by atoms with Crippen LogP contribution >= 0.6 is 15.9 Å². The number of anilines is 1. The van der Waals surface area contributed by atoms with Crippen molar-refractivity contribution in [2.24, 2.45) is 5.41 Å². The van der Waals surface area contributed by atoms with Gasteiger partial charge in [0.15, 0.2) is 0 Å². The summed E-state index contributed by atoms with van der Waals surface area (Å²) in [6.45, 7) is 3.68. The molecule has 0 unspecified atom stereocenters. The molecule has 4 nitrogen and oxygen atoms in total. The molecular formula is C13H17BrN2O2. The first-order chi connectivity index (χ1) is 8.51. The number of hydrogen-bond acceptors (Lipinski definition) is 3. The first kappa shape index (κ1) is 13.4. The van der Waals surface area contributed by atoms with Gasteiger partial charge in [0, 0.05) is 9.89 Å². The molecule has 98 valence electrons. The Morgan fingerprint density at radius 2 is 2.11 bits per heavy atom. The van der Waals surface area contributed by atoms with Crippen molar-refractivity contribution in [1.82, 2.24) is 5.32 Å². The zero-order valence-electron chi connectivity index (χ0n) is 10.3. The molecule has 1 fully saturated rings. The van der Waals surface area contributed by atoms with Crippen LogP contribution < -0.4 is 10.6 Å². The normalized spacial score (nSPS) is 18.3. The van der Waals surface area contributed by atoms with Gasteiger partial charge in [0.05, 0.1) is 5.69 Å². The minimum Gasteiger partial charge on any atom is -0.506 e. The molecule has 1 aromatic carbocycles. The van der Waals surface area contributed by atoms with Crippen LogP contribution in [-0.2, 0) is 4.79 Å². The lowest BCUT2D eigenvalue weighted by Crippen LogP contribution is -2.42.